The van der Waals surface area contributed by atoms with E-state index >= 15 is 0 Å². The zero-order valence-electron chi connectivity index (χ0n) is 10.7. The molecule has 92 valence electrons. The van der Waals surface area contributed by atoms with Gasteiger partial charge in [-0.25, -0.2) is 0 Å². The minimum Gasteiger partial charge on any atom is -0.427 e. The Morgan fingerprint density at radius 2 is 1.81 bits per heavy atom. The number of esters is 1. The van der Waals surface area contributed by atoms with E-state index in [0.717, 1.165) is 0 Å². The van der Waals surface area contributed by atoms with Crippen LogP contribution in [0.1, 0.15) is 34.1 Å². The molecule has 0 aliphatic heterocycles. The lowest BCUT2D eigenvalue weighted by molar-refractivity contribution is -0.140. The number of carbonyl (C=O) groups excluding carboxylic acids is 1. The summed E-state index contributed by atoms with van der Waals surface area (Å²) >= 11 is 0. The van der Waals surface area contributed by atoms with Gasteiger partial charge in [-0.3, -0.25) is 4.79 Å². The van der Waals surface area contributed by atoms with Crippen molar-refractivity contribution >= 4 is 5.97 Å². The van der Waals surface area contributed by atoms with Gasteiger partial charge < -0.3 is 9.47 Å². The lowest BCUT2D eigenvalue weighted by atomic mass is 10.1. The molecule has 3 heteroatoms. The van der Waals surface area contributed by atoms with Crippen LogP contribution < -0.4 is 0 Å². The fourth-order valence-corrected chi connectivity index (χ4v) is 0.796. The summed E-state index contributed by atoms with van der Waals surface area (Å²) in [6, 6.07) is 0. The average molecular weight is 226 g/mol. The monoisotopic (exact) mass is 226 g/mol. The Morgan fingerprint density at radius 3 is 2.25 bits per heavy atom. The molecule has 1 atom stereocenters. The van der Waals surface area contributed by atoms with E-state index in [2.05, 4.69) is 27.0 Å². The number of allylic oxidation sites excluding steroid dienone is 1. The highest BCUT2D eigenvalue weighted by molar-refractivity contribution is 5.71. The van der Waals surface area contributed by atoms with Crippen LogP contribution in [0, 0.1) is 5.92 Å². The van der Waals surface area contributed by atoms with E-state index in [4.69, 9.17) is 9.47 Å². The van der Waals surface area contributed by atoms with Crippen molar-refractivity contribution in [2.24, 2.45) is 5.92 Å². The summed E-state index contributed by atoms with van der Waals surface area (Å²) in [6.45, 7) is 15.5. The molecule has 0 heterocycles. The zero-order valence-corrected chi connectivity index (χ0v) is 10.7. The quantitative estimate of drug-likeness (QED) is 0.380. The highest BCUT2D eigenvalue weighted by Crippen LogP contribution is 2.08. The average Bonchev–Trinajstić information content (AvgIpc) is 2.16. The van der Waals surface area contributed by atoms with Crippen LogP contribution in [0.5, 0.6) is 0 Å². The Balaban J connectivity index is 3.75. The van der Waals surface area contributed by atoms with Gasteiger partial charge in [0.05, 0.1) is 19.1 Å². The Kier molecular flexibility index (Phi) is 6.74. The first-order chi connectivity index (χ1) is 7.34. The molecule has 3 nitrogen and oxygen atoms in total. The molecule has 1 unspecified atom stereocenters. The number of ether oxygens (including phenoxy) is 2. The highest BCUT2D eigenvalue weighted by atomic mass is 16.5. The largest absolute Gasteiger partial charge is 0.427 e. The van der Waals surface area contributed by atoms with Gasteiger partial charge in [-0.2, -0.15) is 0 Å². The lowest BCUT2D eigenvalue weighted by Gasteiger charge is -2.16. The number of hydrogen-bond donors (Lipinski definition) is 0. The van der Waals surface area contributed by atoms with E-state index in [-0.39, 0.29) is 18.5 Å². The summed E-state index contributed by atoms with van der Waals surface area (Å²) in [5.74, 6) is 0.437. The molecule has 0 aliphatic carbocycles. The van der Waals surface area contributed by atoms with Crippen LogP contribution in [0.25, 0.3) is 0 Å². The van der Waals surface area contributed by atoms with E-state index in [1.165, 1.54) is 0 Å². The number of carbonyl (C=O) groups is 1. The van der Waals surface area contributed by atoms with Gasteiger partial charge in [0.25, 0.3) is 0 Å². The van der Waals surface area contributed by atoms with E-state index in [9.17, 15) is 4.79 Å². The maximum atomic E-state index is 11.3. The highest BCUT2D eigenvalue weighted by Gasteiger charge is 2.10. The smallest absolute Gasteiger partial charge is 0.313 e. The molecule has 0 radical (unpaired) electrons. The number of rotatable bonds is 7. The van der Waals surface area contributed by atoms with Crippen LogP contribution in [0.15, 0.2) is 24.5 Å². The molecule has 0 fully saturated rings. The summed E-state index contributed by atoms with van der Waals surface area (Å²) in [6.07, 6.45) is 0.390. The van der Waals surface area contributed by atoms with Gasteiger partial charge >= 0.3 is 5.97 Å². The predicted octanol–water partition coefficient (Wildman–Crippen LogP) is 3.07. The minimum absolute atomic E-state index is 0.150. The molecule has 0 amide bonds. The molecule has 0 bridgehead atoms. The minimum atomic E-state index is -0.330. The molecule has 0 aliphatic rings. The van der Waals surface area contributed by atoms with Gasteiger partial charge in [-0.1, -0.05) is 27.0 Å². The van der Waals surface area contributed by atoms with Gasteiger partial charge in [0.1, 0.15) is 5.76 Å². The van der Waals surface area contributed by atoms with E-state index in [1.807, 2.05) is 6.92 Å². The number of hydrogen-bond acceptors (Lipinski definition) is 3. The Bertz CT molecular complexity index is 266. The summed E-state index contributed by atoms with van der Waals surface area (Å²) in [4.78, 5) is 11.3. The van der Waals surface area contributed by atoms with Gasteiger partial charge in [-0.15, -0.1) is 0 Å². The van der Waals surface area contributed by atoms with Crippen molar-refractivity contribution in [2.45, 2.75) is 40.2 Å². The van der Waals surface area contributed by atoms with Crippen molar-refractivity contribution in [1.82, 2.24) is 0 Å². The molecule has 0 spiro atoms. The predicted molar refractivity (Wildman–Crippen MR) is 64.9 cm³/mol. The topological polar surface area (TPSA) is 35.5 Å². The molecule has 0 saturated carbocycles. The first-order valence-electron chi connectivity index (χ1n) is 5.51. The van der Waals surface area contributed by atoms with E-state index in [1.54, 1.807) is 6.92 Å². The molecule has 16 heavy (non-hydrogen) atoms. The summed E-state index contributed by atoms with van der Waals surface area (Å²) in [5, 5.41) is 0. The van der Waals surface area contributed by atoms with Crippen LogP contribution >= 0.6 is 0 Å². The summed E-state index contributed by atoms with van der Waals surface area (Å²) < 4.78 is 10.4. The van der Waals surface area contributed by atoms with Crippen molar-refractivity contribution < 1.29 is 14.3 Å². The Labute approximate surface area is 98.1 Å². The third-order valence-corrected chi connectivity index (χ3v) is 2.34. The second-order valence-corrected chi connectivity index (χ2v) is 4.25. The van der Waals surface area contributed by atoms with Crippen LogP contribution in [-0.4, -0.2) is 18.7 Å². The van der Waals surface area contributed by atoms with Gasteiger partial charge in [0.2, 0.25) is 0 Å². The molecule has 0 aromatic carbocycles. The second-order valence-electron chi connectivity index (χ2n) is 4.25. The van der Waals surface area contributed by atoms with Crippen molar-refractivity contribution in [2.75, 3.05) is 6.61 Å². The molecule has 0 saturated heterocycles. The van der Waals surface area contributed by atoms with Crippen LogP contribution in [-0.2, 0) is 14.3 Å². The third-order valence-electron chi connectivity index (χ3n) is 2.34. The van der Waals surface area contributed by atoms with Crippen molar-refractivity contribution in [3.05, 3.63) is 24.5 Å². The van der Waals surface area contributed by atoms with Crippen molar-refractivity contribution in [1.29, 1.82) is 0 Å². The Hall–Kier alpha value is -1.09. The Morgan fingerprint density at radius 1 is 1.25 bits per heavy atom. The van der Waals surface area contributed by atoms with Crippen molar-refractivity contribution in [3.8, 4) is 0 Å². The van der Waals surface area contributed by atoms with Gasteiger partial charge in [0.15, 0.2) is 0 Å². The normalized spacial score (nSPS) is 12.3. The molecular formula is C13H22O3. The van der Waals surface area contributed by atoms with Crippen LogP contribution in [0.4, 0.5) is 0 Å². The summed E-state index contributed by atoms with van der Waals surface area (Å²) in [5.41, 5.74) is 0.657. The van der Waals surface area contributed by atoms with Crippen LogP contribution in [0.2, 0.25) is 0 Å². The maximum Gasteiger partial charge on any atom is 0.313 e. The van der Waals surface area contributed by atoms with Gasteiger partial charge in [-0.05, 0) is 25.3 Å². The molecule has 0 aromatic heterocycles. The first-order valence-corrected chi connectivity index (χ1v) is 5.51. The maximum absolute atomic E-state index is 11.3. The lowest BCUT2D eigenvalue weighted by Crippen LogP contribution is -2.18. The summed E-state index contributed by atoms with van der Waals surface area (Å²) in [7, 11) is 0. The van der Waals surface area contributed by atoms with Crippen molar-refractivity contribution in [3.63, 3.8) is 0 Å². The third kappa shape index (κ3) is 6.40. The molecule has 0 aromatic rings. The fraction of sp³-hybridized carbons (Fsp3) is 0.615. The van der Waals surface area contributed by atoms with E-state index < -0.39 is 0 Å². The SMILES string of the molecule is C=C(C)C(=C)OC(=O)CCOC(C)C(C)C. The zero-order chi connectivity index (χ0) is 12.7. The fourth-order valence-electron chi connectivity index (χ4n) is 0.796. The van der Waals surface area contributed by atoms with E-state index in [0.29, 0.717) is 23.9 Å². The second kappa shape index (κ2) is 7.23. The van der Waals surface area contributed by atoms with Crippen LogP contribution in [0.3, 0.4) is 0 Å². The van der Waals surface area contributed by atoms with Gasteiger partial charge in [0, 0.05) is 0 Å². The molecule has 0 N–H and O–H groups in total. The molecular weight excluding hydrogens is 204 g/mol. The molecule has 0 rings (SSSR count). The standard InChI is InChI=1S/C13H22O3/c1-9(2)11(5)15-8-7-13(14)16-12(6)10(3)4/h9,11H,3,6-8H2,1-2,4-5H3. The first kappa shape index (κ1) is 14.9.